The average molecular weight is 342 g/mol. The highest BCUT2D eigenvalue weighted by Gasteiger charge is 2.55. The Morgan fingerprint density at radius 3 is 2.76 bits per heavy atom. The zero-order valence-corrected chi connectivity index (χ0v) is 15.3. The first-order chi connectivity index (χ1) is 11.7. The van der Waals surface area contributed by atoms with Gasteiger partial charge >= 0.3 is 0 Å². The van der Waals surface area contributed by atoms with Gasteiger partial charge in [0.1, 0.15) is 11.7 Å². The van der Waals surface area contributed by atoms with Crippen LogP contribution in [0.15, 0.2) is 36.9 Å². The fourth-order valence-corrected chi connectivity index (χ4v) is 3.87. The molecular weight excluding hydrogens is 316 g/mol. The monoisotopic (exact) mass is 342 g/mol. The predicted octanol–water partition coefficient (Wildman–Crippen LogP) is 2.83. The van der Waals surface area contributed by atoms with Gasteiger partial charge in [-0.15, -0.1) is 6.58 Å². The number of carbonyl (C=O) groups is 2. The van der Waals surface area contributed by atoms with Crippen molar-refractivity contribution in [3.8, 4) is 5.75 Å². The summed E-state index contributed by atoms with van der Waals surface area (Å²) in [5.74, 6) is -0.621. The van der Waals surface area contributed by atoms with E-state index in [1.54, 1.807) is 11.0 Å². The molecule has 0 aliphatic carbocycles. The number of fused-ring (bicyclic) bond motifs is 4. The van der Waals surface area contributed by atoms with Crippen LogP contribution in [0.2, 0.25) is 0 Å². The van der Waals surface area contributed by atoms with Crippen LogP contribution < -0.4 is 10.1 Å². The average Bonchev–Trinajstić information content (AvgIpc) is 2.49. The second-order valence-electron chi connectivity index (χ2n) is 8.08. The molecule has 5 heteroatoms. The maximum atomic E-state index is 13.2. The normalized spacial score (nSPS) is 28.0. The van der Waals surface area contributed by atoms with E-state index in [0.717, 1.165) is 11.3 Å². The summed E-state index contributed by atoms with van der Waals surface area (Å²) in [6.07, 6.45) is 2.26. The molecule has 0 radical (unpaired) electrons. The standard InChI is InChI=1S/C20H26N2O3/c1-6-11-22-18(24)16(17(23)21-19(2,3)4)14-12-20(22,5)25-15-10-8-7-9-13(14)15/h6-10,14,16H,1,11-12H2,2-5H3,(H,21,23)/t14-,16-,20-/m1/s1. The van der Waals surface area contributed by atoms with Gasteiger partial charge in [-0.25, -0.2) is 0 Å². The lowest BCUT2D eigenvalue weighted by atomic mass is 9.73. The molecule has 1 aromatic rings. The summed E-state index contributed by atoms with van der Waals surface area (Å²) in [5, 5.41) is 2.98. The van der Waals surface area contributed by atoms with Gasteiger partial charge in [0.25, 0.3) is 0 Å². The van der Waals surface area contributed by atoms with Gasteiger partial charge in [0.05, 0.1) is 0 Å². The molecular formula is C20H26N2O3. The Labute approximate surface area is 149 Å². The van der Waals surface area contributed by atoms with Crippen LogP contribution in [0.25, 0.3) is 0 Å². The van der Waals surface area contributed by atoms with E-state index in [1.807, 2.05) is 52.0 Å². The molecule has 3 atom stereocenters. The largest absolute Gasteiger partial charge is 0.468 e. The molecule has 134 valence electrons. The minimum absolute atomic E-state index is 0.189. The fraction of sp³-hybridized carbons (Fsp3) is 0.500. The van der Waals surface area contributed by atoms with Crippen molar-refractivity contribution in [2.45, 2.75) is 51.3 Å². The van der Waals surface area contributed by atoms with Crippen molar-refractivity contribution >= 4 is 11.8 Å². The quantitative estimate of drug-likeness (QED) is 0.679. The zero-order chi connectivity index (χ0) is 18.4. The highest BCUT2D eigenvalue weighted by Crippen LogP contribution is 2.50. The van der Waals surface area contributed by atoms with Crippen LogP contribution in [0.3, 0.4) is 0 Å². The van der Waals surface area contributed by atoms with Gasteiger partial charge in [0.15, 0.2) is 5.72 Å². The number of rotatable bonds is 3. The Hall–Kier alpha value is -2.30. The fourth-order valence-electron chi connectivity index (χ4n) is 3.87. The zero-order valence-electron chi connectivity index (χ0n) is 15.3. The molecule has 1 N–H and O–H groups in total. The molecule has 1 saturated heterocycles. The van der Waals surface area contributed by atoms with Crippen LogP contribution in [0.5, 0.6) is 5.75 Å². The minimum atomic E-state index is -0.761. The number of para-hydroxylation sites is 1. The molecule has 0 saturated carbocycles. The highest BCUT2D eigenvalue weighted by molar-refractivity contribution is 6.02. The van der Waals surface area contributed by atoms with E-state index in [-0.39, 0.29) is 17.7 Å². The van der Waals surface area contributed by atoms with Crippen LogP contribution in [0.1, 0.15) is 45.6 Å². The summed E-state index contributed by atoms with van der Waals surface area (Å²) in [6, 6.07) is 7.69. The van der Waals surface area contributed by atoms with Crippen molar-refractivity contribution in [2.75, 3.05) is 6.54 Å². The van der Waals surface area contributed by atoms with E-state index in [1.165, 1.54) is 0 Å². The molecule has 0 aromatic heterocycles. The molecule has 1 fully saturated rings. The smallest absolute Gasteiger partial charge is 0.239 e. The second kappa shape index (κ2) is 5.90. The van der Waals surface area contributed by atoms with Crippen molar-refractivity contribution in [2.24, 2.45) is 5.92 Å². The Morgan fingerprint density at radius 1 is 1.44 bits per heavy atom. The highest BCUT2D eigenvalue weighted by atomic mass is 16.5. The molecule has 2 amide bonds. The molecule has 0 spiro atoms. The molecule has 2 heterocycles. The van der Waals surface area contributed by atoms with Gasteiger partial charge in [-0.05, 0) is 39.3 Å². The van der Waals surface area contributed by atoms with Crippen LogP contribution in [-0.4, -0.2) is 34.5 Å². The van der Waals surface area contributed by atoms with E-state index >= 15 is 0 Å². The topological polar surface area (TPSA) is 58.6 Å². The second-order valence-corrected chi connectivity index (χ2v) is 8.08. The molecule has 3 rings (SSSR count). The number of piperidine rings is 1. The van der Waals surface area contributed by atoms with Gasteiger partial charge in [0, 0.05) is 24.4 Å². The molecule has 2 bridgehead atoms. The number of benzene rings is 1. The Morgan fingerprint density at radius 2 is 2.12 bits per heavy atom. The molecule has 25 heavy (non-hydrogen) atoms. The van der Waals surface area contributed by atoms with E-state index in [2.05, 4.69) is 11.9 Å². The maximum Gasteiger partial charge on any atom is 0.239 e. The third kappa shape index (κ3) is 3.03. The molecule has 2 aliphatic rings. The van der Waals surface area contributed by atoms with Gasteiger partial charge in [0.2, 0.25) is 11.8 Å². The summed E-state index contributed by atoms with van der Waals surface area (Å²) in [6.45, 7) is 11.8. The van der Waals surface area contributed by atoms with Crippen molar-refractivity contribution in [3.05, 3.63) is 42.5 Å². The minimum Gasteiger partial charge on any atom is -0.468 e. The Bertz CT molecular complexity index is 722. The first kappa shape index (κ1) is 17.5. The van der Waals surface area contributed by atoms with Crippen LogP contribution in [-0.2, 0) is 9.59 Å². The predicted molar refractivity (Wildman–Crippen MR) is 96.1 cm³/mol. The number of nitrogens with one attached hydrogen (secondary N) is 1. The third-order valence-electron chi connectivity index (χ3n) is 4.84. The summed E-state index contributed by atoms with van der Waals surface area (Å²) in [4.78, 5) is 27.8. The van der Waals surface area contributed by atoms with E-state index < -0.39 is 17.2 Å². The van der Waals surface area contributed by atoms with Crippen molar-refractivity contribution in [3.63, 3.8) is 0 Å². The summed E-state index contributed by atoms with van der Waals surface area (Å²) >= 11 is 0. The lowest BCUT2D eigenvalue weighted by Crippen LogP contribution is -2.65. The number of carbonyl (C=O) groups excluding carboxylic acids is 2. The summed E-state index contributed by atoms with van der Waals surface area (Å²) in [7, 11) is 0. The first-order valence-corrected chi connectivity index (χ1v) is 8.68. The Kier molecular flexibility index (Phi) is 4.13. The third-order valence-corrected chi connectivity index (χ3v) is 4.84. The van der Waals surface area contributed by atoms with Crippen molar-refractivity contribution < 1.29 is 14.3 Å². The van der Waals surface area contributed by atoms with Gasteiger partial charge < -0.3 is 15.0 Å². The van der Waals surface area contributed by atoms with Gasteiger partial charge in [-0.3, -0.25) is 9.59 Å². The van der Waals surface area contributed by atoms with Crippen LogP contribution in [0.4, 0.5) is 0 Å². The van der Waals surface area contributed by atoms with E-state index in [9.17, 15) is 9.59 Å². The number of nitrogens with zero attached hydrogens (tertiary/aromatic N) is 1. The molecule has 1 aromatic carbocycles. The number of likely N-dealkylation sites (tertiary alicyclic amines) is 1. The molecule has 5 nitrogen and oxygen atoms in total. The SMILES string of the molecule is C=CCN1C(=O)[C@@H](C(=O)NC(C)(C)C)[C@@H]2C[C@@]1(C)Oc1ccccc12. The molecule has 2 aliphatic heterocycles. The van der Waals surface area contributed by atoms with Gasteiger partial charge in [-0.1, -0.05) is 24.3 Å². The number of amides is 2. The lowest BCUT2D eigenvalue weighted by Gasteiger charge is -2.52. The van der Waals surface area contributed by atoms with E-state index in [0.29, 0.717) is 13.0 Å². The van der Waals surface area contributed by atoms with Crippen molar-refractivity contribution in [1.29, 1.82) is 0 Å². The van der Waals surface area contributed by atoms with E-state index in [4.69, 9.17) is 4.74 Å². The number of hydrogen-bond acceptors (Lipinski definition) is 3. The van der Waals surface area contributed by atoms with Crippen molar-refractivity contribution in [1.82, 2.24) is 10.2 Å². The number of hydrogen-bond donors (Lipinski definition) is 1. The van der Waals surface area contributed by atoms with Crippen LogP contribution >= 0.6 is 0 Å². The van der Waals surface area contributed by atoms with Crippen LogP contribution in [0, 0.1) is 5.92 Å². The Balaban J connectivity index is 2.07. The maximum absolute atomic E-state index is 13.2. The van der Waals surface area contributed by atoms with Gasteiger partial charge in [-0.2, -0.15) is 0 Å². The number of ether oxygens (including phenoxy) is 1. The molecule has 0 unspecified atom stereocenters. The summed E-state index contributed by atoms with van der Waals surface area (Å²) in [5.41, 5.74) is -0.227. The lowest BCUT2D eigenvalue weighted by molar-refractivity contribution is -0.174. The summed E-state index contributed by atoms with van der Waals surface area (Å²) < 4.78 is 6.18. The first-order valence-electron chi connectivity index (χ1n) is 8.68.